The van der Waals surface area contributed by atoms with Crippen molar-refractivity contribution in [1.82, 2.24) is 9.55 Å². The molecule has 2 rings (SSSR count). The Labute approximate surface area is 108 Å². The predicted octanol–water partition coefficient (Wildman–Crippen LogP) is 3.18. The highest BCUT2D eigenvalue weighted by molar-refractivity contribution is 9.10. The number of hydrogen-bond acceptors (Lipinski definition) is 2. The van der Waals surface area contributed by atoms with Gasteiger partial charge in [-0.15, -0.1) is 0 Å². The molecule has 0 saturated heterocycles. The lowest BCUT2D eigenvalue weighted by Crippen LogP contribution is -2.13. The lowest BCUT2D eigenvalue weighted by atomic mass is 10.2. The molecule has 2 aromatic rings. The number of benzene rings is 1. The molecule has 1 heterocycles. The molecule has 0 aliphatic carbocycles. The minimum Gasteiger partial charge on any atom is -0.323 e. The van der Waals surface area contributed by atoms with Gasteiger partial charge >= 0.3 is 0 Å². The van der Waals surface area contributed by atoms with Crippen LogP contribution in [-0.2, 0) is 0 Å². The normalized spacial score (nSPS) is 12.7. The van der Waals surface area contributed by atoms with Crippen molar-refractivity contribution in [3.8, 4) is 5.69 Å². The van der Waals surface area contributed by atoms with Crippen molar-refractivity contribution in [2.24, 2.45) is 5.73 Å². The first-order valence-corrected chi connectivity index (χ1v) is 6.16. The summed E-state index contributed by atoms with van der Waals surface area (Å²) in [5, 5.41) is 0. The molecule has 0 saturated carbocycles. The zero-order chi connectivity index (χ0) is 12.4. The summed E-state index contributed by atoms with van der Waals surface area (Å²) in [6.07, 6.45) is 4.25. The van der Waals surface area contributed by atoms with E-state index in [2.05, 4.69) is 20.9 Å². The number of nitrogens with two attached hydrogens (primary N) is 1. The molecule has 0 amide bonds. The van der Waals surface area contributed by atoms with Crippen LogP contribution in [0.15, 0.2) is 35.2 Å². The molecule has 3 nitrogen and oxygen atoms in total. The smallest absolute Gasteiger partial charge is 0.124 e. The predicted molar refractivity (Wildman–Crippen MR) is 68.4 cm³/mol. The molecule has 0 aliphatic rings. The molecule has 1 aromatic heterocycles. The first-order chi connectivity index (χ1) is 8.13. The van der Waals surface area contributed by atoms with E-state index in [4.69, 9.17) is 5.73 Å². The second-order valence-corrected chi connectivity index (χ2v) is 4.65. The van der Waals surface area contributed by atoms with Crippen molar-refractivity contribution in [1.29, 1.82) is 0 Å². The Balaban J connectivity index is 2.50. The Morgan fingerprint density at radius 1 is 1.53 bits per heavy atom. The van der Waals surface area contributed by atoms with Crippen molar-refractivity contribution >= 4 is 15.9 Å². The average molecular weight is 298 g/mol. The van der Waals surface area contributed by atoms with Gasteiger partial charge in [-0.3, -0.25) is 0 Å². The molecule has 90 valence electrons. The summed E-state index contributed by atoms with van der Waals surface area (Å²) in [4.78, 5) is 4.10. The summed E-state index contributed by atoms with van der Waals surface area (Å²) in [6.45, 7) is 2.02. The molecule has 5 heteroatoms. The summed E-state index contributed by atoms with van der Waals surface area (Å²) in [5.41, 5.74) is 7.76. The van der Waals surface area contributed by atoms with Crippen LogP contribution in [0.5, 0.6) is 0 Å². The largest absolute Gasteiger partial charge is 0.323 e. The van der Waals surface area contributed by atoms with Gasteiger partial charge in [0.15, 0.2) is 0 Å². The monoisotopic (exact) mass is 297 g/mol. The van der Waals surface area contributed by atoms with Gasteiger partial charge in [0.1, 0.15) is 5.82 Å². The van der Waals surface area contributed by atoms with Crippen molar-refractivity contribution in [2.75, 3.05) is 0 Å². The summed E-state index contributed by atoms with van der Waals surface area (Å²) < 4.78 is 15.6. The average Bonchev–Trinajstić information content (AvgIpc) is 2.77. The third kappa shape index (κ3) is 2.40. The zero-order valence-corrected chi connectivity index (χ0v) is 11.0. The van der Waals surface area contributed by atoms with E-state index in [1.165, 1.54) is 12.1 Å². The topological polar surface area (TPSA) is 43.8 Å². The van der Waals surface area contributed by atoms with Crippen LogP contribution in [0.25, 0.3) is 5.69 Å². The highest BCUT2D eigenvalue weighted by Crippen LogP contribution is 2.25. The van der Waals surface area contributed by atoms with Crippen LogP contribution in [-0.4, -0.2) is 9.55 Å². The van der Waals surface area contributed by atoms with Crippen LogP contribution >= 0.6 is 15.9 Å². The quantitative estimate of drug-likeness (QED) is 0.945. The molecule has 0 aliphatic heterocycles. The van der Waals surface area contributed by atoms with E-state index >= 15 is 0 Å². The Morgan fingerprint density at radius 3 is 2.94 bits per heavy atom. The third-order valence-corrected chi connectivity index (χ3v) is 3.29. The molecule has 1 atom stereocenters. The molecule has 1 aromatic carbocycles. The SMILES string of the molecule is CC[C@@H](N)c1cncn1-c1ccc(F)cc1Br. The van der Waals surface area contributed by atoms with E-state index in [1.807, 2.05) is 11.5 Å². The van der Waals surface area contributed by atoms with E-state index < -0.39 is 0 Å². The molecular weight excluding hydrogens is 285 g/mol. The van der Waals surface area contributed by atoms with Crippen LogP contribution < -0.4 is 5.73 Å². The van der Waals surface area contributed by atoms with Crippen LogP contribution in [0.3, 0.4) is 0 Å². The van der Waals surface area contributed by atoms with E-state index in [0.717, 1.165) is 17.8 Å². The first kappa shape index (κ1) is 12.3. The van der Waals surface area contributed by atoms with Crippen molar-refractivity contribution in [3.63, 3.8) is 0 Å². The molecule has 0 spiro atoms. The number of imidazole rings is 1. The second kappa shape index (κ2) is 4.98. The van der Waals surface area contributed by atoms with Gasteiger partial charge in [-0.2, -0.15) is 0 Å². The molecule has 0 radical (unpaired) electrons. The van der Waals surface area contributed by atoms with Crippen molar-refractivity contribution in [2.45, 2.75) is 19.4 Å². The van der Waals surface area contributed by atoms with Gasteiger partial charge in [0.25, 0.3) is 0 Å². The highest BCUT2D eigenvalue weighted by Gasteiger charge is 2.13. The number of rotatable bonds is 3. The van der Waals surface area contributed by atoms with Crippen molar-refractivity contribution < 1.29 is 4.39 Å². The van der Waals surface area contributed by atoms with E-state index in [-0.39, 0.29) is 11.9 Å². The number of hydrogen-bond donors (Lipinski definition) is 1. The maximum atomic E-state index is 13.0. The summed E-state index contributed by atoms with van der Waals surface area (Å²) >= 11 is 3.34. The minimum atomic E-state index is -0.276. The molecule has 0 fully saturated rings. The van der Waals surface area contributed by atoms with Crippen LogP contribution in [0.1, 0.15) is 25.1 Å². The number of aromatic nitrogens is 2. The van der Waals surface area contributed by atoms with Crippen LogP contribution in [0, 0.1) is 5.82 Å². The lowest BCUT2D eigenvalue weighted by Gasteiger charge is -2.14. The number of halogens is 2. The van der Waals surface area contributed by atoms with E-state index in [9.17, 15) is 4.39 Å². The second-order valence-electron chi connectivity index (χ2n) is 3.80. The fourth-order valence-electron chi connectivity index (χ4n) is 1.67. The van der Waals surface area contributed by atoms with E-state index in [1.54, 1.807) is 18.6 Å². The minimum absolute atomic E-state index is 0.0746. The van der Waals surface area contributed by atoms with E-state index in [0.29, 0.717) is 4.47 Å². The van der Waals surface area contributed by atoms with Gasteiger partial charge in [0.2, 0.25) is 0 Å². The van der Waals surface area contributed by atoms with Gasteiger partial charge in [-0.05, 0) is 40.5 Å². The zero-order valence-electron chi connectivity index (χ0n) is 9.40. The maximum absolute atomic E-state index is 13.0. The van der Waals surface area contributed by atoms with Gasteiger partial charge < -0.3 is 10.3 Å². The van der Waals surface area contributed by atoms with Gasteiger partial charge in [-0.1, -0.05) is 6.92 Å². The Bertz CT molecular complexity index is 524. The standard InChI is InChI=1S/C12H13BrFN3/c1-2-10(15)12-6-16-7-17(12)11-4-3-8(14)5-9(11)13/h3-7,10H,2,15H2,1H3/t10-/m1/s1. The molecule has 2 N–H and O–H groups in total. The van der Waals surface area contributed by atoms with Gasteiger partial charge in [-0.25, -0.2) is 9.37 Å². The van der Waals surface area contributed by atoms with Crippen LogP contribution in [0.4, 0.5) is 4.39 Å². The summed E-state index contributed by atoms with van der Waals surface area (Å²) in [7, 11) is 0. The molecule has 0 bridgehead atoms. The fraction of sp³-hybridized carbons (Fsp3) is 0.250. The Kier molecular flexibility index (Phi) is 3.59. The van der Waals surface area contributed by atoms with Crippen LogP contribution in [0.2, 0.25) is 0 Å². The highest BCUT2D eigenvalue weighted by atomic mass is 79.9. The summed E-state index contributed by atoms with van der Waals surface area (Å²) in [6, 6.07) is 4.47. The number of nitrogens with zero attached hydrogens (tertiary/aromatic N) is 2. The molecule has 17 heavy (non-hydrogen) atoms. The summed E-state index contributed by atoms with van der Waals surface area (Å²) in [5.74, 6) is -0.276. The third-order valence-electron chi connectivity index (χ3n) is 2.66. The Morgan fingerprint density at radius 2 is 2.29 bits per heavy atom. The Hall–Kier alpha value is -1.20. The van der Waals surface area contributed by atoms with Gasteiger partial charge in [0.05, 0.1) is 23.9 Å². The lowest BCUT2D eigenvalue weighted by molar-refractivity contribution is 0.625. The fourth-order valence-corrected chi connectivity index (χ4v) is 2.21. The van der Waals surface area contributed by atoms with Gasteiger partial charge in [0, 0.05) is 10.5 Å². The molecular formula is C12H13BrFN3. The first-order valence-electron chi connectivity index (χ1n) is 5.36. The maximum Gasteiger partial charge on any atom is 0.124 e. The molecule has 0 unspecified atom stereocenters. The van der Waals surface area contributed by atoms with Crippen molar-refractivity contribution in [3.05, 3.63) is 46.7 Å².